The second kappa shape index (κ2) is 8.41. The van der Waals surface area contributed by atoms with E-state index >= 15 is 0 Å². The molecule has 29 heavy (non-hydrogen) atoms. The van der Waals surface area contributed by atoms with Crippen molar-refractivity contribution in [1.29, 1.82) is 0 Å². The van der Waals surface area contributed by atoms with Crippen LogP contribution >= 0.6 is 0 Å². The average molecular weight is 395 g/mol. The van der Waals surface area contributed by atoms with Crippen LogP contribution in [0.2, 0.25) is 0 Å². The second-order valence-corrected chi connectivity index (χ2v) is 6.77. The molecule has 0 unspecified atom stereocenters. The van der Waals surface area contributed by atoms with Gasteiger partial charge in [0.05, 0.1) is 18.5 Å². The smallest absolute Gasteiger partial charge is 0.167 e. The molecule has 1 aliphatic rings. The highest BCUT2D eigenvalue weighted by molar-refractivity contribution is 5.81. The summed E-state index contributed by atoms with van der Waals surface area (Å²) >= 11 is 0. The number of aliphatic hydroxyl groups excluding tert-OH is 1. The van der Waals surface area contributed by atoms with Crippen molar-refractivity contribution < 1.29 is 9.84 Å². The zero-order chi connectivity index (χ0) is 20.2. The highest BCUT2D eigenvalue weighted by atomic mass is 16.5. The molecule has 0 bridgehead atoms. The maximum atomic E-state index is 11.0. The van der Waals surface area contributed by atoms with Crippen LogP contribution in [0.15, 0.2) is 48.1 Å². The SMILES string of the molecule is [N-]=[N+]=NCC[C@H]1O[C@@H](n2cnc3c(N)ncnc32)[C@H](O)[C@@H]1NCc1ccccc1. The molecule has 3 heterocycles. The molecule has 3 aromatic rings. The van der Waals surface area contributed by atoms with Gasteiger partial charge < -0.3 is 20.9 Å². The zero-order valence-corrected chi connectivity index (χ0v) is 15.5. The number of hydrogen-bond acceptors (Lipinski definition) is 8. The van der Waals surface area contributed by atoms with Crippen LogP contribution in [0.3, 0.4) is 0 Å². The number of nitrogens with one attached hydrogen (secondary N) is 1. The number of imidazole rings is 1. The maximum Gasteiger partial charge on any atom is 0.167 e. The van der Waals surface area contributed by atoms with Crippen molar-refractivity contribution in [2.24, 2.45) is 5.11 Å². The summed E-state index contributed by atoms with van der Waals surface area (Å²) in [4.78, 5) is 15.2. The van der Waals surface area contributed by atoms with Gasteiger partial charge in [0.25, 0.3) is 0 Å². The Bertz CT molecular complexity index is 1020. The Balaban J connectivity index is 1.58. The summed E-state index contributed by atoms with van der Waals surface area (Å²) in [6.45, 7) is 0.834. The molecule has 2 aromatic heterocycles. The van der Waals surface area contributed by atoms with Gasteiger partial charge >= 0.3 is 0 Å². The van der Waals surface area contributed by atoms with E-state index in [1.165, 1.54) is 12.7 Å². The summed E-state index contributed by atoms with van der Waals surface area (Å²) in [5, 5.41) is 18.0. The van der Waals surface area contributed by atoms with E-state index in [4.69, 9.17) is 16.0 Å². The molecule has 0 radical (unpaired) electrons. The number of hydrogen-bond donors (Lipinski definition) is 3. The minimum Gasteiger partial charge on any atom is -0.387 e. The van der Waals surface area contributed by atoms with Crippen molar-refractivity contribution in [2.75, 3.05) is 12.3 Å². The maximum absolute atomic E-state index is 11.0. The Morgan fingerprint density at radius 2 is 2.10 bits per heavy atom. The molecule has 0 saturated carbocycles. The molecule has 4 rings (SSSR count). The molecule has 4 atom stereocenters. The number of nitrogens with zero attached hydrogens (tertiary/aromatic N) is 7. The molecular formula is C18H21N9O2. The predicted octanol–water partition coefficient (Wildman–Crippen LogP) is 1.53. The van der Waals surface area contributed by atoms with Gasteiger partial charge in [-0.3, -0.25) is 4.57 Å². The normalized spacial score (nSPS) is 23.9. The van der Waals surface area contributed by atoms with Gasteiger partial charge in [-0.1, -0.05) is 35.4 Å². The standard InChI is InChI=1S/C18H21N9O2/c19-16-14-17(23-9-22-16)27(10-24-14)18-15(28)13(12(29-18)6-7-25-26-20)21-8-11-4-2-1-3-5-11/h1-5,9-10,12-13,15,18,21,28H,6-8H2,(H2,19,22,23)/t12-,13-,15-,18-/m1/s1. The molecule has 0 spiro atoms. The Morgan fingerprint density at radius 3 is 2.90 bits per heavy atom. The summed E-state index contributed by atoms with van der Waals surface area (Å²) in [6, 6.07) is 9.51. The van der Waals surface area contributed by atoms with E-state index in [2.05, 4.69) is 30.3 Å². The first-order chi connectivity index (χ1) is 14.2. The molecule has 1 aliphatic heterocycles. The molecule has 11 nitrogen and oxygen atoms in total. The van der Waals surface area contributed by atoms with Crippen molar-refractivity contribution in [3.63, 3.8) is 0 Å². The molecule has 1 fully saturated rings. The largest absolute Gasteiger partial charge is 0.387 e. The van der Waals surface area contributed by atoms with Gasteiger partial charge in [-0.05, 0) is 17.5 Å². The Kier molecular flexibility index (Phi) is 5.54. The van der Waals surface area contributed by atoms with E-state index in [0.717, 1.165) is 5.56 Å². The predicted molar refractivity (Wildman–Crippen MR) is 105 cm³/mol. The van der Waals surface area contributed by atoms with Crippen molar-refractivity contribution in [3.8, 4) is 0 Å². The highest BCUT2D eigenvalue weighted by Gasteiger charge is 2.44. The van der Waals surface area contributed by atoms with Crippen LogP contribution in [0, 0.1) is 0 Å². The summed E-state index contributed by atoms with van der Waals surface area (Å²) in [7, 11) is 0. The summed E-state index contributed by atoms with van der Waals surface area (Å²) in [5.74, 6) is 0.264. The van der Waals surface area contributed by atoms with Crippen LogP contribution in [-0.2, 0) is 11.3 Å². The Morgan fingerprint density at radius 1 is 1.28 bits per heavy atom. The van der Waals surface area contributed by atoms with Crippen LogP contribution in [-0.4, -0.2) is 49.4 Å². The molecule has 0 amide bonds. The number of fused-ring (bicyclic) bond motifs is 1. The van der Waals surface area contributed by atoms with Crippen LogP contribution < -0.4 is 11.1 Å². The van der Waals surface area contributed by atoms with E-state index in [1.54, 1.807) is 4.57 Å². The molecule has 11 heteroatoms. The van der Waals surface area contributed by atoms with E-state index in [0.29, 0.717) is 24.1 Å². The number of aromatic nitrogens is 4. The summed E-state index contributed by atoms with van der Waals surface area (Å²) in [5.41, 5.74) is 16.5. The Labute approximate surface area is 166 Å². The zero-order valence-electron chi connectivity index (χ0n) is 15.5. The first-order valence-corrected chi connectivity index (χ1v) is 9.23. The van der Waals surface area contributed by atoms with Gasteiger partial charge in [0.1, 0.15) is 17.9 Å². The summed E-state index contributed by atoms with van der Waals surface area (Å²) < 4.78 is 7.80. The number of anilines is 1. The number of nitrogens with two attached hydrogens (primary N) is 1. The quantitative estimate of drug-likeness (QED) is 0.310. The van der Waals surface area contributed by atoms with Gasteiger partial charge in [-0.25, -0.2) is 15.0 Å². The van der Waals surface area contributed by atoms with Gasteiger partial charge in [0.2, 0.25) is 0 Å². The number of nitrogen functional groups attached to an aromatic ring is 1. The molecular weight excluding hydrogens is 374 g/mol. The van der Waals surface area contributed by atoms with Gasteiger partial charge in [0, 0.05) is 18.0 Å². The van der Waals surface area contributed by atoms with Crippen LogP contribution in [0.25, 0.3) is 21.6 Å². The summed E-state index contributed by atoms with van der Waals surface area (Å²) in [6.07, 6.45) is 1.41. The number of ether oxygens (including phenoxy) is 1. The highest BCUT2D eigenvalue weighted by Crippen LogP contribution is 2.33. The number of aliphatic hydroxyl groups is 1. The fraction of sp³-hybridized carbons (Fsp3) is 0.389. The van der Waals surface area contributed by atoms with Crippen molar-refractivity contribution in [2.45, 2.75) is 37.4 Å². The molecule has 1 aromatic carbocycles. The third-order valence-corrected chi connectivity index (χ3v) is 5.00. The van der Waals surface area contributed by atoms with Crippen LogP contribution in [0.4, 0.5) is 5.82 Å². The topological polar surface area (TPSA) is 160 Å². The van der Waals surface area contributed by atoms with Crippen LogP contribution in [0.5, 0.6) is 0 Å². The van der Waals surface area contributed by atoms with Gasteiger partial charge in [-0.15, -0.1) is 0 Å². The minimum atomic E-state index is -0.872. The van der Waals surface area contributed by atoms with E-state index in [1.807, 2.05) is 30.3 Å². The number of rotatable bonds is 7. The molecule has 1 saturated heterocycles. The van der Waals surface area contributed by atoms with E-state index < -0.39 is 12.3 Å². The van der Waals surface area contributed by atoms with E-state index in [9.17, 15) is 5.11 Å². The average Bonchev–Trinajstić information content (AvgIpc) is 3.29. The lowest BCUT2D eigenvalue weighted by Crippen LogP contribution is -2.44. The Hall–Kier alpha value is -3.24. The lowest BCUT2D eigenvalue weighted by Gasteiger charge is -2.21. The first-order valence-electron chi connectivity index (χ1n) is 9.23. The second-order valence-electron chi connectivity index (χ2n) is 6.77. The molecule has 0 aliphatic carbocycles. The number of benzene rings is 1. The van der Waals surface area contributed by atoms with Crippen molar-refractivity contribution >= 4 is 17.0 Å². The van der Waals surface area contributed by atoms with Crippen molar-refractivity contribution in [3.05, 3.63) is 59.0 Å². The molecule has 4 N–H and O–H groups in total. The third kappa shape index (κ3) is 3.84. The number of azide groups is 1. The first kappa shape index (κ1) is 19.1. The van der Waals surface area contributed by atoms with Gasteiger partial charge in [0.15, 0.2) is 17.7 Å². The lowest BCUT2D eigenvalue weighted by atomic mass is 10.0. The van der Waals surface area contributed by atoms with Crippen LogP contribution in [0.1, 0.15) is 18.2 Å². The minimum absolute atomic E-state index is 0.264. The fourth-order valence-corrected chi connectivity index (χ4v) is 3.59. The lowest BCUT2D eigenvalue weighted by molar-refractivity contribution is -0.0360. The third-order valence-electron chi connectivity index (χ3n) is 5.00. The molecule has 150 valence electrons. The van der Waals surface area contributed by atoms with Gasteiger partial charge in [-0.2, -0.15) is 0 Å². The van der Waals surface area contributed by atoms with Crippen molar-refractivity contribution in [1.82, 2.24) is 24.8 Å². The van der Waals surface area contributed by atoms with E-state index in [-0.39, 0.29) is 24.5 Å². The monoisotopic (exact) mass is 395 g/mol. The fourth-order valence-electron chi connectivity index (χ4n) is 3.59.